The Kier molecular flexibility index (Phi) is 3.42. The number of rotatable bonds is 3. The summed E-state index contributed by atoms with van der Waals surface area (Å²) in [6, 6.07) is 11.2. The first-order valence-electron chi connectivity index (χ1n) is 6.39. The molecule has 0 radical (unpaired) electrons. The maximum atomic E-state index is 12.0. The standard InChI is InChI=1S/C15H12N4O2/c20-14-8-13(18-19-14)15(21)17-12-5-1-3-10(7-12)11-4-2-6-16-9-11/h1-7,9H,8H2,(H,17,21)(H,19,20). The number of pyridine rings is 1. The molecule has 0 saturated heterocycles. The van der Waals surface area contributed by atoms with E-state index in [0.29, 0.717) is 5.69 Å². The molecule has 6 nitrogen and oxygen atoms in total. The van der Waals surface area contributed by atoms with Crippen LogP contribution in [0.4, 0.5) is 5.69 Å². The molecular formula is C15H12N4O2. The van der Waals surface area contributed by atoms with Gasteiger partial charge in [0.2, 0.25) is 5.91 Å². The van der Waals surface area contributed by atoms with E-state index in [0.717, 1.165) is 11.1 Å². The minimum atomic E-state index is -0.378. The van der Waals surface area contributed by atoms with Gasteiger partial charge in [-0.3, -0.25) is 14.6 Å². The van der Waals surface area contributed by atoms with Gasteiger partial charge in [-0.05, 0) is 23.8 Å². The summed E-state index contributed by atoms with van der Waals surface area (Å²) in [4.78, 5) is 27.1. The second-order valence-corrected chi connectivity index (χ2v) is 4.55. The van der Waals surface area contributed by atoms with E-state index in [1.165, 1.54) is 0 Å². The molecule has 1 aliphatic heterocycles. The zero-order chi connectivity index (χ0) is 14.7. The highest BCUT2D eigenvalue weighted by atomic mass is 16.2. The largest absolute Gasteiger partial charge is 0.321 e. The van der Waals surface area contributed by atoms with Gasteiger partial charge in [0.15, 0.2) is 0 Å². The van der Waals surface area contributed by atoms with Crippen LogP contribution in [0.3, 0.4) is 0 Å². The number of nitrogens with zero attached hydrogens (tertiary/aromatic N) is 2. The first-order chi connectivity index (χ1) is 10.2. The maximum Gasteiger partial charge on any atom is 0.272 e. The highest BCUT2D eigenvalue weighted by Gasteiger charge is 2.21. The Morgan fingerprint density at radius 1 is 1.19 bits per heavy atom. The lowest BCUT2D eigenvalue weighted by molar-refractivity contribution is -0.119. The van der Waals surface area contributed by atoms with Gasteiger partial charge in [-0.2, -0.15) is 5.10 Å². The predicted molar refractivity (Wildman–Crippen MR) is 78.5 cm³/mol. The summed E-state index contributed by atoms with van der Waals surface area (Å²) in [6.45, 7) is 0. The molecule has 1 aromatic heterocycles. The van der Waals surface area contributed by atoms with E-state index in [4.69, 9.17) is 0 Å². The van der Waals surface area contributed by atoms with E-state index in [2.05, 4.69) is 20.8 Å². The third-order valence-electron chi connectivity index (χ3n) is 3.02. The third kappa shape index (κ3) is 2.94. The van der Waals surface area contributed by atoms with Crippen LogP contribution in [-0.4, -0.2) is 22.5 Å². The van der Waals surface area contributed by atoms with Gasteiger partial charge >= 0.3 is 0 Å². The molecule has 2 amide bonds. The van der Waals surface area contributed by atoms with Crippen molar-refractivity contribution in [3.8, 4) is 11.1 Å². The van der Waals surface area contributed by atoms with Crippen molar-refractivity contribution in [3.05, 3.63) is 48.8 Å². The molecule has 0 unspecified atom stereocenters. The number of carbonyl (C=O) groups is 2. The van der Waals surface area contributed by atoms with Crippen LogP contribution < -0.4 is 10.7 Å². The second kappa shape index (κ2) is 5.54. The van der Waals surface area contributed by atoms with Crippen molar-refractivity contribution in [1.29, 1.82) is 0 Å². The molecule has 0 fully saturated rings. The highest BCUT2D eigenvalue weighted by Crippen LogP contribution is 2.21. The highest BCUT2D eigenvalue weighted by molar-refractivity contribution is 6.46. The number of hydrazone groups is 1. The van der Waals surface area contributed by atoms with Crippen LogP contribution in [0.2, 0.25) is 0 Å². The Morgan fingerprint density at radius 3 is 2.76 bits per heavy atom. The van der Waals surface area contributed by atoms with Crippen molar-refractivity contribution >= 4 is 23.2 Å². The Labute approximate surface area is 120 Å². The number of amides is 2. The lowest BCUT2D eigenvalue weighted by Gasteiger charge is -2.07. The van der Waals surface area contributed by atoms with Crippen LogP contribution in [0.5, 0.6) is 0 Å². The average Bonchev–Trinajstić information content (AvgIpc) is 2.95. The summed E-state index contributed by atoms with van der Waals surface area (Å²) < 4.78 is 0. The van der Waals surface area contributed by atoms with Gasteiger partial charge in [0, 0.05) is 23.6 Å². The van der Waals surface area contributed by atoms with Gasteiger partial charge in [0.1, 0.15) is 5.71 Å². The normalized spacial score (nSPS) is 13.5. The fourth-order valence-electron chi connectivity index (χ4n) is 2.01. The topological polar surface area (TPSA) is 83.5 Å². The first-order valence-corrected chi connectivity index (χ1v) is 6.39. The van der Waals surface area contributed by atoms with E-state index in [-0.39, 0.29) is 23.9 Å². The molecule has 0 bridgehead atoms. The van der Waals surface area contributed by atoms with Crippen LogP contribution in [0.25, 0.3) is 11.1 Å². The maximum absolute atomic E-state index is 12.0. The molecule has 6 heteroatoms. The molecule has 1 aromatic carbocycles. The van der Waals surface area contributed by atoms with E-state index < -0.39 is 0 Å². The Hall–Kier alpha value is -3.02. The predicted octanol–water partition coefficient (Wildman–Crippen LogP) is 1.56. The number of hydrogen-bond donors (Lipinski definition) is 2. The summed E-state index contributed by atoms with van der Waals surface area (Å²) in [5.41, 5.74) is 4.99. The summed E-state index contributed by atoms with van der Waals surface area (Å²) in [7, 11) is 0. The molecule has 2 heterocycles. The van der Waals surface area contributed by atoms with Crippen molar-refractivity contribution in [2.75, 3.05) is 5.32 Å². The van der Waals surface area contributed by atoms with Gasteiger partial charge in [0.05, 0.1) is 6.42 Å². The Bertz CT molecular complexity index is 725. The summed E-state index contributed by atoms with van der Waals surface area (Å²) in [5.74, 6) is -0.652. The fraction of sp³-hybridized carbons (Fsp3) is 0.0667. The Morgan fingerprint density at radius 2 is 2.05 bits per heavy atom. The van der Waals surface area contributed by atoms with Crippen molar-refractivity contribution in [1.82, 2.24) is 10.4 Å². The van der Waals surface area contributed by atoms with Crippen LogP contribution in [0.15, 0.2) is 53.9 Å². The third-order valence-corrected chi connectivity index (χ3v) is 3.02. The first kappa shape index (κ1) is 13.0. The van der Waals surface area contributed by atoms with E-state index in [1.807, 2.05) is 30.3 Å². The molecule has 0 aliphatic carbocycles. The smallest absolute Gasteiger partial charge is 0.272 e. The molecule has 104 valence electrons. The number of hydrogen-bond acceptors (Lipinski definition) is 4. The zero-order valence-electron chi connectivity index (χ0n) is 11.0. The van der Waals surface area contributed by atoms with Crippen molar-refractivity contribution in [2.24, 2.45) is 5.10 Å². The van der Waals surface area contributed by atoms with Crippen molar-refractivity contribution in [3.63, 3.8) is 0 Å². The monoisotopic (exact) mass is 280 g/mol. The lowest BCUT2D eigenvalue weighted by atomic mass is 10.1. The summed E-state index contributed by atoms with van der Waals surface area (Å²) in [6.07, 6.45) is 3.47. The number of carbonyl (C=O) groups excluding carboxylic acids is 2. The molecule has 21 heavy (non-hydrogen) atoms. The van der Waals surface area contributed by atoms with Crippen LogP contribution in [-0.2, 0) is 9.59 Å². The molecule has 3 rings (SSSR count). The van der Waals surface area contributed by atoms with E-state index in [9.17, 15) is 9.59 Å². The summed E-state index contributed by atoms with van der Waals surface area (Å²) in [5, 5.41) is 6.42. The van der Waals surface area contributed by atoms with Gasteiger partial charge in [-0.25, -0.2) is 5.43 Å². The Balaban J connectivity index is 1.78. The van der Waals surface area contributed by atoms with E-state index >= 15 is 0 Å². The molecule has 0 spiro atoms. The number of anilines is 1. The molecule has 2 aromatic rings. The van der Waals surface area contributed by atoms with Gasteiger partial charge in [0.25, 0.3) is 5.91 Å². The van der Waals surface area contributed by atoms with Gasteiger partial charge in [-0.15, -0.1) is 0 Å². The van der Waals surface area contributed by atoms with Gasteiger partial charge < -0.3 is 5.32 Å². The van der Waals surface area contributed by atoms with E-state index in [1.54, 1.807) is 18.5 Å². The van der Waals surface area contributed by atoms with Crippen molar-refractivity contribution in [2.45, 2.75) is 6.42 Å². The minimum Gasteiger partial charge on any atom is -0.321 e. The van der Waals surface area contributed by atoms with Crippen molar-refractivity contribution < 1.29 is 9.59 Å². The summed E-state index contributed by atoms with van der Waals surface area (Å²) >= 11 is 0. The SMILES string of the molecule is O=C1CC(C(=O)Nc2cccc(-c3cccnc3)c2)=NN1. The quantitative estimate of drug-likeness (QED) is 0.895. The second-order valence-electron chi connectivity index (χ2n) is 4.55. The van der Waals surface area contributed by atoms with Crippen LogP contribution in [0, 0.1) is 0 Å². The molecule has 0 saturated carbocycles. The molecule has 1 aliphatic rings. The number of benzene rings is 1. The fourth-order valence-corrected chi connectivity index (χ4v) is 2.01. The molecule has 0 atom stereocenters. The lowest BCUT2D eigenvalue weighted by Crippen LogP contribution is -2.22. The molecule has 2 N–H and O–H groups in total. The minimum absolute atomic E-state index is 0.00806. The zero-order valence-corrected chi connectivity index (χ0v) is 11.0. The van der Waals surface area contributed by atoms with Crippen LogP contribution in [0.1, 0.15) is 6.42 Å². The molecular weight excluding hydrogens is 268 g/mol. The average molecular weight is 280 g/mol. The van der Waals surface area contributed by atoms with Crippen LogP contribution >= 0.6 is 0 Å². The number of aromatic nitrogens is 1. The van der Waals surface area contributed by atoms with Gasteiger partial charge in [-0.1, -0.05) is 18.2 Å². The number of nitrogens with one attached hydrogen (secondary N) is 2.